The number of anilines is 1. The van der Waals surface area contributed by atoms with Crippen molar-refractivity contribution in [3.8, 4) is 0 Å². The summed E-state index contributed by atoms with van der Waals surface area (Å²) in [4.78, 5) is 10.6. The van der Waals surface area contributed by atoms with Crippen molar-refractivity contribution in [3.05, 3.63) is 23.6 Å². The average Bonchev–Trinajstić information content (AvgIpc) is 2.28. The standard InChI is InChI=1S/C11H14ClN3O/c1-3-10-13-9(12)6-11(14-10)15-4-5-16-8(2)7-15/h3,6,8H,1,4-5,7H2,2H3/t8-/m1/s1. The molecule has 0 N–H and O–H groups in total. The zero-order chi connectivity index (χ0) is 11.5. The van der Waals surface area contributed by atoms with Gasteiger partial charge in [-0.2, -0.15) is 0 Å². The molecule has 16 heavy (non-hydrogen) atoms. The van der Waals surface area contributed by atoms with E-state index in [9.17, 15) is 0 Å². The number of nitrogens with zero attached hydrogens (tertiary/aromatic N) is 3. The molecule has 2 heterocycles. The van der Waals surface area contributed by atoms with E-state index >= 15 is 0 Å². The zero-order valence-electron chi connectivity index (χ0n) is 9.19. The van der Waals surface area contributed by atoms with Crippen LogP contribution >= 0.6 is 11.6 Å². The van der Waals surface area contributed by atoms with Crippen LogP contribution in [0.3, 0.4) is 0 Å². The van der Waals surface area contributed by atoms with Crippen LogP contribution in [0.5, 0.6) is 0 Å². The van der Waals surface area contributed by atoms with Gasteiger partial charge in [-0.15, -0.1) is 0 Å². The molecule has 1 aliphatic heterocycles. The number of morpholine rings is 1. The first-order valence-corrected chi connectivity index (χ1v) is 5.60. The van der Waals surface area contributed by atoms with Crippen molar-refractivity contribution in [2.75, 3.05) is 24.6 Å². The molecule has 1 atom stereocenters. The molecule has 2 rings (SSSR count). The largest absolute Gasteiger partial charge is 0.375 e. The number of hydrogen-bond acceptors (Lipinski definition) is 4. The van der Waals surface area contributed by atoms with Crippen LogP contribution < -0.4 is 4.90 Å². The monoisotopic (exact) mass is 239 g/mol. The molecule has 5 heteroatoms. The van der Waals surface area contributed by atoms with Gasteiger partial charge in [-0.25, -0.2) is 9.97 Å². The van der Waals surface area contributed by atoms with Crippen molar-refractivity contribution in [1.82, 2.24) is 9.97 Å². The minimum absolute atomic E-state index is 0.217. The van der Waals surface area contributed by atoms with Gasteiger partial charge in [0.05, 0.1) is 12.7 Å². The second-order valence-corrected chi connectivity index (χ2v) is 4.13. The predicted molar refractivity (Wildman–Crippen MR) is 64.8 cm³/mol. The minimum Gasteiger partial charge on any atom is -0.375 e. The SMILES string of the molecule is C=Cc1nc(Cl)cc(N2CCO[C@H](C)C2)n1. The Hall–Kier alpha value is -1.13. The molecule has 1 fully saturated rings. The van der Waals surface area contributed by atoms with Gasteiger partial charge in [0.25, 0.3) is 0 Å². The van der Waals surface area contributed by atoms with E-state index in [1.165, 1.54) is 0 Å². The summed E-state index contributed by atoms with van der Waals surface area (Å²) < 4.78 is 5.48. The summed E-state index contributed by atoms with van der Waals surface area (Å²) in [5.74, 6) is 1.40. The zero-order valence-corrected chi connectivity index (χ0v) is 9.94. The first kappa shape index (κ1) is 11.4. The normalized spacial score (nSPS) is 20.9. The Bertz CT molecular complexity index is 397. The molecule has 1 saturated heterocycles. The Kier molecular flexibility index (Phi) is 3.41. The Morgan fingerprint density at radius 3 is 3.12 bits per heavy atom. The lowest BCUT2D eigenvalue weighted by atomic mass is 10.3. The third-order valence-electron chi connectivity index (χ3n) is 2.45. The highest BCUT2D eigenvalue weighted by Gasteiger charge is 2.18. The Morgan fingerprint density at radius 1 is 1.62 bits per heavy atom. The summed E-state index contributed by atoms with van der Waals surface area (Å²) in [6.45, 7) is 8.06. The fourth-order valence-electron chi connectivity index (χ4n) is 1.70. The molecule has 1 aliphatic rings. The summed E-state index contributed by atoms with van der Waals surface area (Å²) in [6, 6.07) is 1.77. The summed E-state index contributed by atoms with van der Waals surface area (Å²) in [7, 11) is 0. The van der Waals surface area contributed by atoms with Gasteiger partial charge in [0.15, 0.2) is 5.82 Å². The molecule has 0 spiro atoms. The second kappa shape index (κ2) is 4.80. The Balaban J connectivity index is 2.24. The van der Waals surface area contributed by atoms with Crippen LogP contribution in [0.4, 0.5) is 5.82 Å². The molecule has 0 radical (unpaired) electrons. The summed E-state index contributed by atoms with van der Waals surface area (Å²) in [5, 5.41) is 0.444. The van der Waals surface area contributed by atoms with Crippen molar-refractivity contribution >= 4 is 23.5 Å². The van der Waals surface area contributed by atoms with Gasteiger partial charge in [-0.3, -0.25) is 0 Å². The van der Waals surface area contributed by atoms with Gasteiger partial charge >= 0.3 is 0 Å². The molecule has 1 aromatic rings. The van der Waals surface area contributed by atoms with E-state index in [0.29, 0.717) is 17.6 Å². The third-order valence-corrected chi connectivity index (χ3v) is 2.64. The molecule has 0 aliphatic carbocycles. The molecule has 0 bridgehead atoms. The van der Waals surface area contributed by atoms with Crippen molar-refractivity contribution in [3.63, 3.8) is 0 Å². The Morgan fingerprint density at radius 2 is 2.44 bits per heavy atom. The molecular weight excluding hydrogens is 226 g/mol. The topological polar surface area (TPSA) is 38.2 Å². The van der Waals surface area contributed by atoms with Crippen molar-refractivity contribution in [2.45, 2.75) is 13.0 Å². The van der Waals surface area contributed by atoms with Gasteiger partial charge in [0.1, 0.15) is 11.0 Å². The van der Waals surface area contributed by atoms with Crippen LogP contribution in [0, 0.1) is 0 Å². The van der Waals surface area contributed by atoms with E-state index in [2.05, 4.69) is 21.4 Å². The minimum atomic E-state index is 0.217. The molecular formula is C11H14ClN3O. The fourth-order valence-corrected chi connectivity index (χ4v) is 1.89. The lowest BCUT2D eigenvalue weighted by molar-refractivity contribution is 0.0529. The maximum atomic E-state index is 5.93. The molecule has 86 valence electrons. The van der Waals surface area contributed by atoms with Crippen LogP contribution in [0.2, 0.25) is 5.15 Å². The lowest BCUT2D eigenvalue weighted by Crippen LogP contribution is -2.41. The number of ether oxygens (including phenoxy) is 1. The first-order chi connectivity index (χ1) is 7.69. The van der Waals surface area contributed by atoms with Gasteiger partial charge in [-0.1, -0.05) is 18.2 Å². The molecule has 0 aromatic carbocycles. The van der Waals surface area contributed by atoms with Crippen molar-refractivity contribution in [1.29, 1.82) is 0 Å². The van der Waals surface area contributed by atoms with Crippen LogP contribution in [0.15, 0.2) is 12.6 Å². The Labute approximate surface area is 99.9 Å². The van der Waals surface area contributed by atoms with Crippen LogP contribution in [-0.2, 0) is 4.74 Å². The molecule has 0 saturated carbocycles. The fraction of sp³-hybridized carbons (Fsp3) is 0.455. The highest BCUT2D eigenvalue weighted by atomic mass is 35.5. The van der Waals surface area contributed by atoms with Crippen LogP contribution in [-0.4, -0.2) is 35.8 Å². The van der Waals surface area contributed by atoms with Gasteiger partial charge < -0.3 is 9.64 Å². The number of aromatic nitrogens is 2. The number of hydrogen-bond donors (Lipinski definition) is 0. The van der Waals surface area contributed by atoms with Crippen molar-refractivity contribution in [2.24, 2.45) is 0 Å². The summed E-state index contributed by atoms with van der Waals surface area (Å²) in [5.41, 5.74) is 0. The maximum Gasteiger partial charge on any atom is 0.155 e. The van der Waals surface area contributed by atoms with Gasteiger partial charge in [0, 0.05) is 19.2 Å². The quantitative estimate of drug-likeness (QED) is 0.740. The predicted octanol–water partition coefficient (Wildman–Crippen LogP) is 2.00. The van der Waals surface area contributed by atoms with E-state index in [-0.39, 0.29) is 6.10 Å². The van der Waals surface area contributed by atoms with Crippen LogP contribution in [0.1, 0.15) is 12.7 Å². The van der Waals surface area contributed by atoms with Gasteiger partial charge in [-0.05, 0) is 13.0 Å². The van der Waals surface area contributed by atoms with Crippen molar-refractivity contribution < 1.29 is 4.74 Å². The van der Waals surface area contributed by atoms with Gasteiger partial charge in [0.2, 0.25) is 0 Å². The van der Waals surface area contributed by atoms with E-state index in [0.717, 1.165) is 18.9 Å². The number of rotatable bonds is 2. The van der Waals surface area contributed by atoms with E-state index in [1.807, 2.05) is 6.92 Å². The molecule has 4 nitrogen and oxygen atoms in total. The first-order valence-electron chi connectivity index (χ1n) is 5.22. The van der Waals surface area contributed by atoms with E-state index in [4.69, 9.17) is 16.3 Å². The van der Waals surface area contributed by atoms with E-state index in [1.54, 1.807) is 12.1 Å². The summed E-state index contributed by atoms with van der Waals surface area (Å²) in [6.07, 6.45) is 1.81. The second-order valence-electron chi connectivity index (χ2n) is 3.74. The molecule has 1 aromatic heterocycles. The molecule has 0 unspecified atom stereocenters. The van der Waals surface area contributed by atoms with E-state index < -0.39 is 0 Å². The average molecular weight is 240 g/mol. The molecule has 0 amide bonds. The smallest absolute Gasteiger partial charge is 0.155 e. The highest BCUT2D eigenvalue weighted by molar-refractivity contribution is 6.29. The lowest BCUT2D eigenvalue weighted by Gasteiger charge is -2.32. The maximum absolute atomic E-state index is 5.93. The highest BCUT2D eigenvalue weighted by Crippen LogP contribution is 2.19. The third kappa shape index (κ3) is 2.51. The number of halogens is 1. The summed E-state index contributed by atoms with van der Waals surface area (Å²) >= 11 is 5.93. The van der Waals surface area contributed by atoms with Crippen LogP contribution in [0.25, 0.3) is 6.08 Å².